The van der Waals surface area contributed by atoms with Gasteiger partial charge in [0.05, 0.1) is 0 Å². The number of hydrogen-bond donors (Lipinski definition) is 2. The molecule has 5 heteroatoms. The molecule has 2 aliphatic rings. The van der Waals surface area contributed by atoms with Gasteiger partial charge >= 0.3 is 0 Å². The summed E-state index contributed by atoms with van der Waals surface area (Å²) in [5, 5.41) is 3.16. The Hall–Kier alpha value is -1.10. The van der Waals surface area contributed by atoms with Crippen molar-refractivity contribution in [1.29, 1.82) is 0 Å². The first-order valence-corrected chi connectivity index (χ1v) is 8.47. The molecule has 120 valence electrons. The van der Waals surface area contributed by atoms with Crippen molar-refractivity contribution in [3.05, 3.63) is 0 Å². The number of nitrogens with two attached hydrogens (primary N) is 1. The van der Waals surface area contributed by atoms with Gasteiger partial charge in [-0.05, 0) is 51.0 Å². The van der Waals surface area contributed by atoms with Crippen LogP contribution in [0.5, 0.6) is 0 Å². The van der Waals surface area contributed by atoms with E-state index in [0.29, 0.717) is 18.9 Å². The third-order valence-electron chi connectivity index (χ3n) is 4.88. The number of hydrogen-bond acceptors (Lipinski definition) is 3. The lowest BCUT2D eigenvalue weighted by Gasteiger charge is -2.36. The summed E-state index contributed by atoms with van der Waals surface area (Å²) in [7, 11) is 0. The molecule has 0 spiro atoms. The second kappa shape index (κ2) is 7.78. The van der Waals surface area contributed by atoms with Crippen LogP contribution in [-0.2, 0) is 9.59 Å². The van der Waals surface area contributed by atoms with Crippen LogP contribution in [0.25, 0.3) is 0 Å². The zero-order chi connectivity index (χ0) is 15.2. The number of rotatable bonds is 5. The third-order valence-corrected chi connectivity index (χ3v) is 4.88. The van der Waals surface area contributed by atoms with Crippen LogP contribution in [0, 0.1) is 5.92 Å². The van der Waals surface area contributed by atoms with Crippen LogP contribution >= 0.6 is 0 Å². The average molecular weight is 295 g/mol. The molecule has 0 radical (unpaired) electrons. The van der Waals surface area contributed by atoms with E-state index in [0.717, 1.165) is 51.5 Å². The standard InChI is InChI=1S/C16H29N3O2/c1-2-6-15(20)19-10-4-3-9-14(19)16(21)18-13-8-5-7-12(13)11-17/h12-14H,2-11,17H2,1H3,(H,18,21). The number of likely N-dealkylation sites (tertiary alicyclic amines) is 1. The van der Waals surface area contributed by atoms with Crippen molar-refractivity contribution in [3.63, 3.8) is 0 Å². The van der Waals surface area contributed by atoms with Crippen molar-refractivity contribution < 1.29 is 9.59 Å². The van der Waals surface area contributed by atoms with Crippen molar-refractivity contribution in [1.82, 2.24) is 10.2 Å². The third kappa shape index (κ3) is 3.96. The number of nitrogens with zero attached hydrogens (tertiary/aromatic N) is 1. The molecule has 2 fully saturated rings. The van der Waals surface area contributed by atoms with Gasteiger partial charge in [0.15, 0.2) is 0 Å². The van der Waals surface area contributed by atoms with Gasteiger partial charge in [-0.15, -0.1) is 0 Å². The van der Waals surface area contributed by atoms with Crippen LogP contribution in [0.4, 0.5) is 0 Å². The summed E-state index contributed by atoms with van der Waals surface area (Å²) in [6.45, 7) is 3.36. The number of nitrogens with one attached hydrogen (secondary N) is 1. The van der Waals surface area contributed by atoms with Crippen LogP contribution in [0.1, 0.15) is 58.3 Å². The Labute approximate surface area is 127 Å². The number of amides is 2. The van der Waals surface area contributed by atoms with E-state index in [2.05, 4.69) is 5.32 Å². The SMILES string of the molecule is CCCC(=O)N1CCCCC1C(=O)NC1CCCC1CN. The highest BCUT2D eigenvalue weighted by Crippen LogP contribution is 2.26. The molecule has 3 N–H and O–H groups in total. The van der Waals surface area contributed by atoms with E-state index in [1.807, 2.05) is 6.92 Å². The van der Waals surface area contributed by atoms with Crippen LogP contribution < -0.4 is 11.1 Å². The van der Waals surface area contributed by atoms with Crippen LogP contribution in [0.3, 0.4) is 0 Å². The molecule has 2 rings (SSSR count). The lowest BCUT2D eigenvalue weighted by atomic mass is 9.98. The number of carbonyl (C=O) groups is 2. The smallest absolute Gasteiger partial charge is 0.243 e. The van der Waals surface area contributed by atoms with Crippen molar-refractivity contribution >= 4 is 11.8 Å². The fourth-order valence-corrected chi connectivity index (χ4v) is 3.65. The summed E-state index contributed by atoms with van der Waals surface area (Å²) < 4.78 is 0. The lowest BCUT2D eigenvalue weighted by molar-refractivity contribution is -0.142. The molecule has 0 bridgehead atoms. The average Bonchev–Trinajstić information content (AvgIpc) is 2.94. The minimum absolute atomic E-state index is 0.0319. The molecule has 3 atom stereocenters. The summed E-state index contributed by atoms with van der Waals surface area (Å²) >= 11 is 0. The van der Waals surface area contributed by atoms with Crippen molar-refractivity contribution in [2.45, 2.75) is 70.4 Å². The topological polar surface area (TPSA) is 75.4 Å². The zero-order valence-electron chi connectivity index (χ0n) is 13.1. The van der Waals surface area contributed by atoms with Crippen LogP contribution in [-0.4, -0.2) is 41.9 Å². The van der Waals surface area contributed by atoms with Gasteiger partial charge in [0.25, 0.3) is 0 Å². The van der Waals surface area contributed by atoms with E-state index in [9.17, 15) is 9.59 Å². The van der Waals surface area contributed by atoms with E-state index in [4.69, 9.17) is 5.73 Å². The normalized spacial score (nSPS) is 29.4. The minimum Gasteiger partial charge on any atom is -0.351 e. The molecule has 21 heavy (non-hydrogen) atoms. The van der Waals surface area contributed by atoms with Gasteiger partial charge in [0, 0.05) is 19.0 Å². The molecule has 0 aromatic rings. The first kappa shape index (κ1) is 16.3. The van der Waals surface area contributed by atoms with Crippen LogP contribution in [0.15, 0.2) is 0 Å². The molecule has 1 saturated carbocycles. The maximum Gasteiger partial charge on any atom is 0.243 e. The summed E-state index contributed by atoms with van der Waals surface area (Å²) in [6.07, 6.45) is 7.46. The highest BCUT2D eigenvalue weighted by molar-refractivity contribution is 5.88. The monoisotopic (exact) mass is 295 g/mol. The maximum absolute atomic E-state index is 12.6. The summed E-state index contributed by atoms with van der Waals surface area (Å²) in [5.41, 5.74) is 5.78. The molecule has 0 aromatic carbocycles. The lowest BCUT2D eigenvalue weighted by Crippen LogP contribution is -2.54. The van der Waals surface area contributed by atoms with Gasteiger partial charge in [-0.1, -0.05) is 13.3 Å². The van der Waals surface area contributed by atoms with Gasteiger partial charge in [-0.2, -0.15) is 0 Å². The molecular formula is C16H29N3O2. The van der Waals surface area contributed by atoms with Gasteiger partial charge in [0.1, 0.15) is 6.04 Å². The predicted octanol–water partition coefficient (Wildman–Crippen LogP) is 1.41. The van der Waals surface area contributed by atoms with Gasteiger partial charge in [0.2, 0.25) is 11.8 Å². The first-order chi connectivity index (χ1) is 10.2. The fraction of sp³-hybridized carbons (Fsp3) is 0.875. The Bertz CT molecular complexity index is 373. The van der Waals surface area contributed by atoms with E-state index in [1.165, 1.54) is 0 Å². The van der Waals surface area contributed by atoms with Crippen molar-refractivity contribution in [3.8, 4) is 0 Å². The van der Waals surface area contributed by atoms with Crippen LogP contribution in [0.2, 0.25) is 0 Å². The predicted molar refractivity (Wildman–Crippen MR) is 82.6 cm³/mol. The van der Waals surface area contributed by atoms with Gasteiger partial charge in [-0.25, -0.2) is 0 Å². The zero-order valence-corrected chi connectivity index (χ0v) is 13.1. The maximum atomic E-state index is 12.6. The summed E-state index contributed by atoms with van der Waals surface area (Å²) in [6, 6.07) is -0.0654. The van der Waals surface area contributed by atoms with Crippen molar-refractivity contribution in [2.75, 3.05) is 13.1 Å². The molecule has 1 heterocycles. The van der Waals surface area contributed by atoms with Gasteiger partial charge in [-0.3, -0.25) is 9.59 Å². The second-order valence-corrected chi connectivity index (χ2v) is 6.39. The molecule has 2 amide bonds. The second-order valence-electron chi connectivity index (χ2n) is 6.39. The molecule has 3 unspecified atom stereocenters. The van der Waals surface area contributed by atoms with Gasteiger partial charge < -0.3 is 16.0 Å². The Morgan fingerprint density at radius 1 is 1.19 bits per heavy atom. The largest absolute Gasteiger partial charge is 0.351 e. The summed E-state index contributed by atoms with van der Waals surface area (Å²) in [4.78, 5) is 26.6. The van der Waals surface area contributed by atoms with E-state index in [-0.39, 0.29) is 23.9 Å². The Morgan fingerprint density at radius 3 is 2.71 bits per heavy atom. The highest BCUT2D eigenvalue weighted by atomic mass is 16.2. The molecule has 0 aromatic heterocycles. The van der Waals surface area contributed by atoms with Crippen molar-refractivity contribution in [2.24, 2.45) is 11.7 Å². The quantitative estimate of drug-likeness (QED) is 0.805. The highest BCUT2D eigenvalue weighted by Gasteiger charge is 2.34. The summed E-state index contributed by atoms with van der Waals surface area (Å²) in [5.74, 6) is 0.556. The van der Waals surface area contributed by atoms with E-state index < -0.39 is 0 Å². The van der Waals surface area contributed by atoms with E-state index in [1.54, 1.807) is 4.90 Å². The Morgan fingerprint density at radius 2 is 2.00 bits per heavy atom. The fourth-order valence-electron chi connectivity index (χ4n) is 3.65. The molecule has 5 nitrogen and oxygen atoms in total. The van der Waals surface area contributed by atoms with E-state index >= 15 is 0 Å². The molecule has 1 saturated heterocycles. The molecule has 1 aliphatic heterocycles. The minimum atomic E-state index is -0.267. The Balaban J connectivity index is 1.96. The Kier molecular flexibility index (Phi) is 6.03. The molecule has 1 aliphatic carbocycles. The molecular weight excluding hydrogens is 266 g/mol. The number of carbonyl (C=O) groups excluding carboxylic acids is 2. The number of piperidine rings is 1. The first-order valence-electron chi connectivity index (χ1n) is 8.47.